The monoisotopic (exact) mass is 208 g/mol. The van der Waals surface area contributed by atoms with Crippen LogP contribution in [0.1, 0.15) is 17.2 Å². The number of aliphatic carboxylic acids is 1. The molecular formula is C10H9FN2O2. The van der Waals surface area contributed by atoms with E-state index in [1.165, 1.54) is 12.1 Å². The quantitative estimate of drug-likeness (QED) is 0.774. The second-order valence-corrected chi connectivity index (χ2v) is 2.99. The molecule has 1 aromatic carbocycles. The largest absolute Gasteiger partial charge is 0.480 e. The van der Waals surface area contributed by atoms with Gasteiger partial charge in [-0.3, -0.25) is 4.79 Å². The summed E-state index contributed by atoms with van der Waals surface area (Å²) < 4.78 is 12.9. The Morgan fingerprint density at radius 1 is 1.67 bits per heavy atom. The van der Waals surface area contributed by atoms with Crippen molar-refractivity contribution in [2.45, 2.75) is 12.5 Å². The van der Waals surface area contributed by atoms with Gasteiger partial charge in [0.25, 0.3) is 0 Å². The molecule has 0 aliphatic heterocycles. The van der Waals surface area contributed by atoms with Crippen LogP contribution in [0.25, 0.3) is 0 Å². The lowest BCUT2D eigenvalue weighted by Crippen LogP contribution is -2.22. The third-order valence-corrected chi connectivity index (χ3v) is 1.98. The summed E-state index contributed by atoms with van der Waals surface area (Å²) in [4.78, 5) is 10.6. The molecule has 0 saturated carbocycles. The van der Waals surface area contributed by atoms with Gasteiger partial charge in [-0.1, -0.05) is 6.07 Å². The number of hydrogen-bond donors (Lipinski definition) is 2. The summed E-state index contributed by atoms with van der Waals surface area (Å²) >= 11 is 0. The topological polar surface area (TPSA) is 87.1 Å². The van der Waals surface area contributed by atoms with Gasteiger partial charge in [0.1, 0.15) is 11.9 Å². The predicted octanol–water partition coefficient (Wildman–Crippen LogP) is 0.976. The summed E-state index contributed by atoms with van der Waals surface area (Å²) in [6.07, 6.45) is 0.0105. The Morgan fingerprint density at radius 3 is 2.87 bits per heavy atom. The van der Waals surface area contributed by atoms with Gasteiger partial charge in [0.2, 0.25) is 0 Å². The van der Waals surface area contributed by atoms with Crippen molar-refractivity contribution < 1.29 is 14.3 Å². The van der Waals surface area contributed by atoms with E-state index in [-0.39, 0.29) is 12.0 Å². The number of carboxylic acids is 1. The molecule has 5 heteroatoms. The van der Waals surface area contributed by atoms with Crippen LogP contribution in [-0.2, 0) is 11.2 Å². The van der Waals surface area contributed by atoms with Crippen LogP contribution in [0.5, 0.6) is 0 Å². The molecule has 0 saturated heterocycles. The first-order valence-electron chi connectivity index (χ1n) is 4.20. The van der Waals surface area contributed by atoms with Crippen LogP contribution in [-0.4, -0.2) is 11.1 Å². The highest BCUT2D eigenvalue weighted by molar-refractivity contribution is 5.75. The molecule has 0 amide bonds. The Labute approximate surface area is 85.7 Å². The fourth-order valence-corrected chi connectivity index (χ4v) is 1.23. The first-order chi connectivity index (χ1) is 7.06. The molecule has 0 bridgehead atoms. The maximum absolute atomic E-state index is 12.9. The second-order valence-electron chi connectivity index (χ2n) is 2.99. The minimum absolute atomic E-state index is 0.0105. The van der Waals surface area contributed by atoms with Crippen LogP contribution < -0.4 is 5.73 Å². The van der Waals surface area contributed by atoms with E-state index in [9.17, 15) is 9.18 Å². The van der Waals surface area contributed by atoms with Crippen LogP contribution in [0.3, 0.4) is 0 Å². The maximum atomic E-state index is 12.9. The Kier molecular flexibility index (Phi) is 3.37. The van der Waals surface area contributed by atoms with Crippen LogP contribution >= 0.6 is 0 Å². The molecule has 0 aliphatic rings. The Balaban J connectivity index is 3.18. The van der Waals surface area contributed by atoms with Crippen molar-refractivity contribution in [3.63, 3.8) is 0 Å². The molecule has 0 unspecified atom stereocenters. The molecule has 0 fully saturated rings. The molecule has 3 N–H and O–H groups in total. The summed E-state index contributed by atoms with van der Waals surface area (Å²) in [5.74, 6) is -1.82. The van der Waals surface area contributed by atoms with E-state index in [4.69, 9.17) is 16.1 Å². The van der Waals surface area contributed by atoms with Crippen LogP contribution in [0.15, 0.2) is 18.2 Å². The third-order valence-electron chi connectivity index (χ3n) is 1.98. The first kappa shape index (κ1) is 11.1. The van der Waals surface area contributed by atoms with E-state index in [1.807, 2.05) is 6.07 Å². The van der Waals surface area contributed by atoms with E-state index in [1.54, 1.807) is 0 Å². The van der Waals surface area contributed by atoms with Gasteiger partial charge in [0, 0.05) is 0 Å². The average Bonchev–Trinajstić information content (AvgIpc) is 2.20. The molecule has 0 heterocycles. The minimum Gasteiger partial charge on any atom is -0.480 e. The molecular weight excluding hydrogens is 199 g/mol. The van der Waals surface area contributed by atoms with Gasteiger partial charge in [-0.15, -0.1) is 0 Å². The van der Waals surface area contributed by atoms with E-state index < -0.39 is 17.8 Å². The lowest BCUT2D eigenvalue weighted by Gasteiger charge is -2.10. The number of rotatable bonds is 3. The fraction of sp³-hybridized carbons (Fsp3) is 0.200. The van der Waals surface area contributed by atoms with Crippen LogP contribution in [0, 0.1) is 17.1 Å². The molecule has 4 nitrogen and oxygen atoms in total. The molecule has 0 spiro atoms. The molecule has 78 valence electrons. The first-order valence-corrected chi connectivity index (χ1v) is 4.20. The number of nitrogens with zero attached hydrogens (tertiary/aromatic N) is 1. The van der Waals surface area contributed by atoms with Gasteiger partial charge in [0.05, 0.1) is 12.5 Å². The molecule has 1 aromatic rings. The summed E-state index contributed by atoms with van der Waals surface area (Å²) in [5.41, 5.74) is 5.94. The van der Waals surface area contributed by atoms with Gasteiger partial charge in [-0.25, -0.2) is 4.39 Å². The zero-order chi connectivity index (χ0) is 11.4. The predicted molar refractivity (Wildman–Crippen MR) is 50.3 cm³/mol. The number of hydrogen-bond acceptors (Lipinski definition) is 3. The van der Waals surface area contributed by atoms with Crippen molar-refractivity contribution in [1.82, 2.24) is 0 Å². The normalized spacial score (nSPS) is 11.8. The highest BCUT2D eigenvalue weighted by Gasteiger charge is 2.18. The fourth-order valence-electron chi connectivity index (χ4n) is 1.23. The number of carbonyl (C=O) groups is 1. The summed E-state index contributed by atoms with van der Waals surface area (Å²) in [5, 5.41) is 17.2. The Morgan fingerprint density at radius 2 is 2.33 bits per heavy atom. The van der Waals surface area contributed by atoms with Gasteiger partial charge in [-0.05, 0) is 23.3 Å². The number of nitriles is 1. The molecule has 0 aliphatic carbocycles. The lowest BCUT2D eigenvalue weighted by molar-refractivity contribution is -0.138. The Bertz CT molecular complexity index is 426. The summed E-state index contributed by atoms with van der Waals surface area (Å²) in [6.45, 7) is 0. The summed E-state index contributed by atoms with van der Waals surface area (Å²) in [7, 11) is 0. The van der Waals surface area contributed by atoms with Crippen molar-refractivity contribution >= 4 is 5.97 Å². The van der Waals surface area contributed by atoms with Gasteiger partial charge in [-0.2, -0.15) is 5.26 Å². The Hall–Kier alpha value is -1.93. The average molecular weight is 208 g/mol. The number of carboxylic acid groups (broad SMARTS) is 1. The van der Waals surface area contributed by atoms with E-state index >= 15 is 0 Å². The van der Waals surface area contributed by atoms with Gasteiger partial charge >= 0.3 is 5.97 Å². The van der Waals surface area contributed by atoms with E-state index in [0.29, 0.717) is 5.56 Å². The highest BCUT2D eigenvalue weighted by Crippen LogP contribution is 2.18. The number of halogens is 1. The van der Waals surface area contributed by atoms with E-state index in [0.717, 1.165) is 6.07 Å². The van der Waals surface area contributed by atoms with Crippen molar-refractivity contribution in [2.24, 2.45) is 5.73 Å². The smallest absolute Gasteiger partial charge is 0.325 e. The molecule has 0 radical (unpaired) electrons. The number of benzene rings is 1. The standard InChI is InChI=1S/C10H9FN2O2/c11-7-2-1-6(3-4-12)8(5-7)9(13)10(14)15/h1-2,5,9H,3,13H2,(H,14,15)/t9-/m0/s1. The molecule has 15 heavy (non-hydrogen) atoms. The third kappa shape index (κ3) is 2.51. The van der Waals surface area contributed by atoms with Crippen molar-refractivity contribution in [1.29, 1.82) is 5.26 Å². The maximum Gasteiger partial charge on any atom is 0.325 e. The van der Waals surface area contributed by atoms with E-state index in [2.05, 4.69) is 0 Å². The highest BCUT2D eigenvalue weighted by atomic mass is 19.1. The lowest BCUT2D eigenvalue weighted by atomic mass is 9.99. The number of nitrogens with two attached hydrogens (primary N) is 1. The molecule has 1 atom stereocenters. The molecule has 0 aromatic heterocycles. The van der Waals surface area contributed by atoms with Crippen molar-refractivity contribution in [2.75, 3.05) is 0 Å². The SMILES string of the molecule is N#CCc1ccc(F)cc1[C@H](N)C(=O)O. The second kappa shape index (κ2) is 4.53. The zero-order valence-corrected chi connectivity index (χ0v) is 7.77. The van der Waals surface area contributed by atoms with Crippen LogP contribution in [0.4, 0.5) is 4.39 Å². The van der Waals surface area contributed by atoms with Gasteiger partial charge < -0.3 is 10.8 Å². The minimum atomic E-state index is -1.30. The van der Waals surface area contributed by atoms with Gasteiger partial charge in [0.15, 0.2) is 0 Å². The molecule has 1 rings (SSSR count). The van der Waals surface area contributed by atoms with Crippen LogP contribution in [0.2, 0.25) is 0 Å². The van der Waals surface area contributed by atoms with Crippen molar-refractivity contribution in [3.05, 3.63) is 35.1 Å². The zero-order valence-electron chi connectivity index (χ0n) is 7.77. The van der Waals surface area contributed by atoms with Crippen molar-refractivity contribution in [3.8, 4) is 6.07 Å². The summed E-state index contributed by atoms with van der Waals surface area (Å²) in [6, 6.07) is 4.16.